The third kappa shape index (κ3) is 2.96. The van der Waals surface area contributed by atoms with Crippen LogP contribution in [0.1, 0.15) is 10.4 Å². The predicted octanol–water partition coefficient (Wildman–Crippen LogP) is 1.51. The van der Waals surface area contributed by atoms with E-state index in [1.165, 1.54) is 0 Å². The van der Waals surface area contributed by atoms with Crippen LogP contribution in [0.2, 0.25) is 0 Å². The van der Waals surface area contributed by atoms with E-state index in [0.717, 1.165) is 26.2 Å². The molecule has 2 heterocycles. The van der Waals surface area contributed by atoms with E-state index < -0.39 is 5.97 Å². The van der Waals surface area contributed by atoms with E-state index in [0.29, 0.717) is 16.7 Å². The van der Waals surface area contributed by atoms with Crippen molar-refractivity contribution in [2.45, 2.75) is 0 Å². The summed E-state index contributed by atoms with van der Waals surface area (Å²) in [5.74, 6) is -0.356. The lowest BCUT2D eigenvalue weighted by molar-refractivity contribution is 0.0699. The van der Waals surface area contributed by atoms with Crippen LogP contribution < -0.4 is 5.43 Å². The van der Waals surface area contributed by atoms with Crippen LogP contribution >= 0.6 is 0 Å². The molecule has 0 spiro atoms. The molecular weight excluding hydrogens is 268 g/mol. The normalized spacial score (nSPS) is 17.0. The number of nitrogens with zero attached hydrogens (tertiary/aromatic N) is 3. The summed E-state index contributed by atoms with van der Waals surface area (Å²) in [6, 6.07) is 8.90. The summed E-state index contributed by atoms with van der Waals surface area (Å²) in [6.07, 6.45) is 0. The number of hydrogen-bond donors (Lipinski definition) is 2. The van der Waals surface area contributed by atoms with Gasteiger partial charge >= 0.3 is 5.97 Å². The Morgan fingerprint density at radius 2 is 1.95 bits per heavy atom. The third-order valence-electron chi connectivity index (χ3n) is 3.72. The van der Waals surface area contributed by atoms with Gasteiger partial charge in [0.05, 0.1) is 11.1 Å². The molecule has 21 heavy (non-hydrogen) atoms. The van der Waals surface area contributed by atoms with Crippen LogP contribution in [0.5, 0.6) is 0 Å². The minimum absolute atomic E-state index is 0.275. The van der Waals surface area contributed by atoms with E-state index in [1.54, 1.807) is 12.1 Å². The molecule has 0 bridgehead atoms. The Bertz CT molecular complexity index is 666. The number of aromatic carboxylic acids is 1. The number of piperazine rings is 1. The number of hydrogen-bond acceptors (Lipinski definition) is 5. The van der Waals surface area contributed by atoms with Crippen LogP contribution in [0.4, 0.5) is 5.82 Å². The van der Waals surface area contributed by atoms with Gasteiger partial charge in [0, 0.05) is 31.6 Å². The van der Waals surface area contributed by atoms with Crippen molar-refractivity contribution in [1.29, 1.82) is 0 Å². The molecule has 6 nitrogen and oxygen atoms in total. The predicted molar refractivity (Wildman–Crippen MR) is 81.4 cm³/mol. The van der Waals surface area contributed by atoms with Crippen molar-refractivity contribution < 1.29 is 9.90 Å². The van der Waals surface area contributed by atoms with Gasteiger partial charge in [0.25, 0.3) is 0 Å². The molecule has 0 amide bonds. The maximum atomic E-state index is 11.4. The van der Waals surface area contributed by atoms with Gasteiger partial charge in [-0.15, -0.1) is 0 Å². The molecule has 1 fully saturated rings. The third-order valence-corrected chi connectivity index (χ3v) is 3.72. The molecule has 0 radical (unpaired) electrons. The van der Waals surface area contributed by atoms with E-state index in [4.69, 9.17) is 0 Å². The minimum atomic E-state index is -0.935. The number of para-hydroxylation sites is 1. The Morgan fingerprint density at radius 1 is 1.24 bits per heavy atom. The largest absolute Gasteiger partial charge is 0.478 e. The molecule has 1 aliphatic heterocycles. The molecule has 6 heteroatoms. The summed E-state index contributed by atoms with van der Waals surface area (Å²) in [6.45, 7) is 3.72. The second-order valence-electron chi connectivity index (χ2n) is 5.28. The number of aromatic nitrogens is 1. The second-order valence-corrected chi connectivity index (χ2v) is 5.28. The van der Waals surface area contributed by atoms with Crippen molar-refractivity contribution in [1.82, 2.24) is 14.9 Å². The van der Waals surface area contributed by atoms with Crippen molar-refractivity contribution in [3.8, 4) is 0 Å². The average molecular weight is 286 g/mol. The maximum absolute atomic E-state index is 11.4. The number of anilines is 1. The monoisotopic (exact) mass is 286 g/mol. The number of carboxylic acid groups (broad SMARTS) is 1. The molecule has 1 aromatic heterocycles. The Hall–Kier alpha value is -2.18. The first kappa shape index (κ1) is 13.8. The van der Waals surface area contributed by atoms with E-state index in [9.17, 15) is 9.90 Å². The first-order valence-electron chi connectivity index (χ1n) is 6.97. The smallest absolute Gasteiger partial charge is 0.336 e. The number of carbonyl (C=O) groups is 1. The lowest BCUT2D eigenvalue weighted by atomic mass is 10.1. The number of carboxylic acids is 1. The topological polar surface area (TPSA) is 68.7 Å². The SMILES string of the molecule is CN1CCN(Nc2cc(C(=O)O)c3ccccc3n2)CC1. The van der Waals surface area contributed by atoms with Gasteiger partial charge in [0.15, 0.2) is 0 Å². The summed E-state index contributed by atoms with van der Waals surface area (Å²) < 4.78 is 0. The molecular formula is C15H18N4O2. The summed E-state index contributed by atoms with van der Waals surface area (Å²) in [5.41, 5.74) is 4.19. The van der Waals surface area contributed by atoms with Crippen LogP contribution in [0.15, 0.2) is 30.3 Å². The fourth-order valence-electron chi connectivity index (χ4n) is 2.49. The molecule has 0 saturated carbocycles. The van der Waals surface area contributed by atoms with Gasteiger partial charge in [0.2, 0.25) is 0 Å². The van der Waals surface area contributed by atoms with Gasteiger partial charge in [-0.2, -0.15) is 0 Å². The van der Waals surface area contributed by atoms with Gasteiger partial charge in [-0.25, -0.2) is 14.8 Å². The van der Waals surface area contributed by atoms with Gasteiger partial charge < -0.3 is 15.4 Å². The molecule has 0 aliphatic carbocycles. The van der Waals surface area contributed by atoms with Gasteiger partial charge in [-0.05, 0) is 19.2 Å². The van der Waals surface area contributed by atoms with Crippen LogP contribution in [-0.4, -0.2) is 59.2 Å². The quantitative estimate of drug-likeness (QED) is 0.891. The van der Waals surface area contributed by atoms with Gasteiger partial charge in [-0.1, -0.05) is 18.2 Å². The number of hydrazine groups is 1. The molecule has 1 saturated heterocycles. The lowest BCUT2D eigenvalue weighted by Crippen LogP contribution is -2.47. The first-order valence-corrected chi connectivity index (χ1v) is 6.97. The van der Waals surface area contributed by atoms with E-state index in [-0.39, 0.29) is 5.56 Å². The molecule has 0 unspecified atom stereocenters. The Morgan fingerprint density at radius 3 is 2.67 bits per heavy atom. The van der Waals surface area contributed by atoms with Gasteiger partial charge in [0.1, 0.15) is 5.82 Å². The summed E-state index contributed by atoms with van der Waals surface area (Å²) >= 11 is 0. The van der Waals surface area contributed by atoms with Crippen LogP contribution in [0.3, 0.4) is 0 Å². The molecule has 0 atom stereocenters. The first-order chi connectivity index (χ1) is 10.1. The Labute approximate surface area is 123 Å². The number of rotatable bonds is 3. The fraction of sp³-hybridized carbons (Fsp3) is 0.333. The number of benzene rings is 1. The molecule has 3 rings (SSSR count). The maximum Gasteiger partial charge on any atom is 0.336 e. The van der Waals surface area contributed by atoms with Crippen molar-refractivity contribution in [2.24, 2.45) is 0 Å². The van der Waals surface area contributed by atoms with E-state index in [2.05, 4.69) is 27.4 Å². The highest BCUT2D eigenvalue weighted by molar-refractivity contribution is 6.03. The highest BCUT2D eigenvalue weighted by atomic mass is 16.4. The number of pyridine rings is 1. The second kappa shape index (κ2) is 5.67. The summed E-state index contributed by atoms with van der Waals surface area (Å²) in [7, 11) is 2.09. The minimum Gasteiger partial charge on any atom is -0.478 e. The Balaban J connectivity index is 1.90. The molecule has 2 aromatic rings. The van der Waals surface area contributed by atoms with Crippen LogP contribution in [0.25, 0.3) is 10.9 Å². The average Bonchev–Trinajstić information content (AvgIpc) is 2.48. The fourth-order valence-corrected chi connectivity index (χ4v) is 2.49. The molecule has 110 valence electrons. The Kier molecular flexibility index (Phi) is 3.72. The van der Waals surface area contributed by atoms with Crippen molar-refractivity contribution in [3.63, 3.8) is 0 Å². The molecule has 2 N–H and O–H groups in total. The molecule has 1 aromatic carbocycles. The highest BCUT2D eigenvalue weighted by Gasteiger charge is 2.16. The van der Waals surface area contributed by atoms with Crippen LogP contribution in [-0.2, 0) is 0 Å². The van der Waals surface area contributed by atoms with Gasteiger partial charge in [-0.3, -0.25) is 0 Å². The van der Waals surface area contributed by atoms with E-state index >= 15 is 0 Å². The highest BCUT2D eigenvalue weighted by Crippen LogP contribution is 2.21. The zero-order chi connectivity index (χ0) is 14.8. The summed E-state index contributed by atoms with van der Waals surface area (Å²) in [5, 5.41) is 12.1. The van der Waals surface area contributed by atoms with E-state index in [1.807, 2.05) is 18.2 Å². The van der Waals surface area contributed by atoms with Crippen molar-refractivity contribution in [3.05, 3.63) is 35.9 Å². The zero-order valence-corrected chi connectivity index (χ0v) is 11.9. The lowest BCUT2D eigenvalue weighted by Gasteiger charge is -2.32. The van der Waals surface area contributed by atoms with Crippen molar-refractivity contribution in [2.75, 3.05) is 38.7 Å². The number of nitrogens with one attached hydrogen (secondary N) is 1. The number of fused-ring (bicyclic) bond motifs is 1. The molecule has 1 aliphatic rings. The summed E-state index contributed by atoms with van der Waals surface area (Å²) in [4.78, 5) is 18.2. The standard InChI is InChI=1S/C15H18N4O2/c1-18-6-8-19(9-7-18)17-14-10-12(15(20)21)11-4-2-3-5-13(11)16-14/h2-5,10H,6-9H2,1H3,(H,16,17)(H,20,21). The van der Waals surface area contributed by atoms with Crippen LogP contribution in [0, 0.1) is 0 Å². The zero-order valence-electron chi connectivity index (χ0n) is 11.9. The van der Waals surface area contributed by atoms with Crippen molar-refractivity contribution >= 4 is 22.7 Å². The number of likely N-dealkylation sites (N-methyl/N-ethyl adjacent to an activating group) is 1.